The molecule has 1 aromatic carbocycles. The van der Waals surface area contributed by atoms with Crippen molar-refractivity contribution in [2.75, 3.05) is 20.0 Å². The van der Waals surface area contributed by atoms with E-state index in [1.165, 1.54) is 13.4 Å². The van der Waals surface area contributed by atoms with Gasteiger partial charge >= 0.3 is 0 Å². The van der Waals surface area contributed by atoms with Crippen molar-refractivity contribution in [2.24, 2.45) is 0 Å². The van der Waals surface area contributed by atoms with E-state index in [1.54, 1.807) is 5.30 Å². The molecule has 1 aromatic rings. The van der Waals surface area contributed by atoms with E-state index in [0.29, 0.717) is 0 Å². The maximum Gasteiger partial charge on any atom is -0.0207 e. The van der Waals surface area contributed by atoms with Crippen LogP contribution < -0.4 is 5.30 Å². The van der Waals surface area contributed by atoms with Crippen LogP contribution in [0.25, 0.3) is 0 Å². The van der Waals surface area contributed by atoms with Gasteiger partial charge in [0, 0.05) is 0 Å². The summed E-state index contributed by atoms with van der Waals surface area (Å²) in [6.45, 7) is 8.38. The van der Waals surface area contributed by atoms with Crippen molar-refractivity contribution in [1.82, 2.24) is 0 Å². The van der Waals surface area contributed by atoms with Crippen molar-refractivity contribution < 1.29 is 0 Å². The highest BCUT2D eigenvalue weighted by Gasteiger charge is 2.05. The summed E-state index contributed by atoms with van der Waals surface area (Å²) >= 11 is 0. The first-order chi connectivity index (χ1) is 5.56. The van der Waals surface area contributed by atoms with E-state index in [4.69, 9.17) is 0 Å². The highest BCUT2D eigenvalue weighted by Crippen LogP contribution is 2.46. The second-order valence-corrected chi connectivity index (χ2v) is 11.3. The third-order valence-electron chi connectivity index (χ3n) is 2.13. The zero-order valence-corrected chi connectivity index (χ0v) is 9.99. The molecule has 0 bridgehead atoms. The lowest BCUT2D eigenvalue weighted by Crippen LogP contribution is -2.01. The minimum Gasteiger partial charge on any atom is -0.108 e. The molecular formula is C10H16P2. The van der Waals surface area contributed by atoms with Crippen molar-refractivity contribution in [1.29, 1.82) is 0 Å². The van der Waals surface area contributed by atoms with E-state index in [1.807, 2.05) is 0 Å². The number of aryl methyl sites for hydroxylation is 1. The Labute approximate surface area is 77.0 Å². The largest absolute Gasteiger partial charge is 0.108 e. The number of hydrogen-bond donors (Lipinski definition) is 0. The molecule has 0 saturated carbocycles. The van der Waals surface area contributed by atoms with Crippen LogP contribution in [-0.4, -0.2) is 20.0 Å². The molecule has 2 heteroatoms. The third-order valence-corrected chi connectivity index (χ3v) is 8.37. The summed E-state index contributed by atoms with van der Waals surface area (Å²) in [5.41, 5.74) is 1.38. The number of benzene rings is 1. The standard InChI is InChI=1S/C10H16P2/c1-9-6-5-7-10(8-9)12(3,4)11-2/h5-8H,1-4H3. The van der Waals surface area contributed by atoms with E-state index < -0.39 is 6.55 Å². The first kappa shape index (κ1) is 10.0. The molecule has 0 aliphatic carbocycles. The Morgan fingerprint density at radius 2 is 1.92 bits per heavy atom. The summed E-state index contributed by atoms with van der Waals surface area (Å²) in [5.74, 6) is 0. The zero-order chi connectivity index (χ0) is 9.19. The van der Waals surface area contributed by atoms with Gasteiger partial charge in [0.2, 0.25) is 0 Å². The van der Waals surface area contributed by atoms with Crippen LogP contribution in [0, 0.1) is 6.92 Å². The molecule has 0 nitrogen and oxygen atoms in total. The second-order valence-electron chi connectivity index (χ2n) is 3.43. The summed E-state index contributed by atoms with van der Waals surface area (Å²) in [5, 5.41) is 1.55. The molecule has 0 spiro atoms. The molecule has 0 aliphatic rings. The lowest BCUT2D eigenvalue weighted by Gasteiger charge is -2.14. The van der Waals surface area contributed by atoms with Crippen LogP contribution in [0.5, 0.6) is 0 Å². The van der Waals surface area contributed by atoms with E-state index >= 15 is 0 Å². The quantitative estimate of drug-likeness (QED) is 0.607. The minimum absolute atomic E-state index is 0.831. The second kappa shape index (κ2) is 3.77. The fourth-order valence-corrected chi connectivity index (χ4v) is 3.35. The van der Waals surface area contributed by atoms with Crippen molar-refractivity contribution in [3.8, 4) is 0 Å². The average molecular weight is 198 g/mol. The van der Waals surface area contributed by atoms with Gasteiger partial charge in [-0.05, 0) is 32.2 Å². The Balaban J connectivity index is 3.21. The molecule has 66 valence electrons. The molecule has 1 rings (SSSR count). The fraction of sp³-hybridized carbons (Fsp3) is 0.400. The number of rotatable bonds is 1. The van der Waals surface area contributed by atoms with Crippen LogP contribution >= 0.6 is 14.4 Å². The number of hydrogen-bond acceptors (Lipinski definition) is 0. The van der Waals surface area contributed by atoms with Gasteiger partial charge in [-0.25, -0.2) is 0 Å². The Morgan fingerprint density at radius 1 is 1.25 bits per heavy atom. The van der Waals surface area contributed by atoms with Crippen molar-refractivity contribution >= 4 is 19.7 Å². The van der Waals surface area contributed by atoms with Gasteiger partial charge in [-0.1, -0.05) is 36.4 Å². The molecule has 12 heavy (non-hydrogen) atoms. The molecule has 0 aliphatic heterocycles. The fourth-order valence-electron chi connectivity index (χ4n) is 1.08. The van der Waals surface area contributed by atoms with Crippen LogP contribution in [0.1, 0.15) is 5.56 Å². The molecular weight excluding hydrogens is 182 g/mol. The highest BCUT2D eigenvalue weighted by atomic mass is 31.8. The Kier molecular flexibility index (Phi) is 3.16. The highest BCUT2D eigenvalue weighted by molar-refractivity contribution is 8.08. The van der Waals surface area contributed by atoms with Gasteiger partial charge in [0.15, 0.2) is 0 Å². The lowest BCUT2D eigenvalue weighted by molar-refractivity contribution is 1.49. The van der Waals surface area contributed by atoms with Gasteiger partial charge in [-0.3, -0.25) is 0 Å². The van der Waals surface area contributed by atoms with Crippen molar-refractivity contribution in [3.63, 3.8) is 0 Å². The summed E-state index contributed by atoms with van der Waals surface area (Å²) in [6, 6.07) is 8.91. The Bertz CT molecular complexity index is 320. The van der Waals surface area contributed by atoms with Crippen LogP contribution in [-0.2, 0) is 0 Å². The minimum atomic E-state index is -0.831. The third kappa shape index (κ3) is 2.22. The smallest absolute Gasteiger partial charge is 0.0207 e. The van der Waals surface area contributed by atoms with Crippen LogP contribution in [0.2, 0.25) is 0 Å². The van der Waals surface area contributed by atoms with Crippen LogP contribution in [0.15, 0.2) is 24.3 Å². The summed E-state index contributed by atoms with van der Waals surface area (Å²) in [6.07, 6.45) is 0. The van der Waals surface area contributed by atoms with Gasteiger partial charge in [-0.2, -0.15) is 0 Å². The van der Waals surface area contributed by atoms with Gasteiger partial charge < -0.3 is 0 Å². The molecule has 0 radical (unpaired) electrons. The molecule has 0 atom stereocenters. The monoisotopic (exact) mass is 198 g/mol. The zero-order valence-electron chi connectivity index (χ0n) is 8.20. The molecule has 0 unspecified atom stereocenters. The predicted molar refractivity (Wildman–Crippen MR) is 62.4 cm³/mol. The molecule has 0 amide bonds. The van der Waals surface area contributed by atoms with Crippen molar-refractivity contribution in [2.45, 2.75) is 6.92 Å². The molecule has 0 aromatic heterocycles. The predicted octanol–water partition coefficient (Wildman–Crippen LogP) is 3.39. The average Bonchev–Trinajstić information content (AvgIpc) is 2.05. The molecule has 0 saturated heterocycles. The summed E-state index contributed by atoms with van der Waals surface area (Å²) in [4.78, 5) is 0. The first-order valence-corrected chi connectivity index (χ1v) is 8.82. The van der Waals surface area contributed by atoms with E-state index in [-0.39, 0.29) is 0 Å². The summed E-state index contributed by atoms with van der Waals surface area (Å²) in [7, 11) is 1.53. The normalized spacial score (nSPS) is 12.0. The Hall–Kier alpha value is -0.0500. The van der Waals surface area contributed by atoms with Crippen molar-refractivity contribution in [3.05, 3.63) is 29.8 Å². The van der Waals surface area contributed by atoms with Crippen LogP contribution in [0.3, 0.4) is 0 Å². The van der Waals surface area contributed by atoms with E-state index in [2.05, 4.69) is 51.2 Å². The van der Waals surface area contributed by atoms with Gasteiger partial charge in [0.05, 0.1) is 0 Å². The van der Waals surface area contributed by atoms with Crippen LogP contribution in [0.4, 0.5) is 0 Å². The van der Waals surface area contributed by atoms with Gasteiger partial charge in [0.25, 0.3) is 0 Å². The molecule has 0 heterocycles. The molecule has 0 fully saturated rings. The topological polar surface area (TPSA) is 0 Å². The van der Waals surface area contributed by atoms with E-state index in [0.717, 1.165) is 0 Å². The SMILES string of the molecule is CP=P(C)(C)c1cccc(C)c1. The van der Waals surface area contributed by atoms with E-state index in [9.17, 15) is 0 Å². The Morgan fingerprint density at radius 3 is 2.42 bits per heavy atom. The maximum atomic E-state index is 2.39. The maximum absolute atomic E-state index is 2.39. The van der Waals surface area contributed by atoms with Gasteiger partial charge in [-0.15, -0.1) is 7.87 Å². The summed E-state index contributed by atoms with van der Waals surface area (Å²) < 4.78 is 0. The van der Waals surface area contributed by atoms with Gasteiger partial charge in [0.1, 0.15) is 0 Å². The molecule has 0 N–H and O–H groups in total. The lowest BCUT2D eigenvalue weighted by atomic mass is 10.2. The first-order valence-electron chi connectivity index (χ1n) is 4.09.